The van der Waals surface area contributed by atoms with Crippen molar-refractivity contribution in [1.82, 2.24) is 0 Å². The Kier molecular flexibility index (Phi) is 6.83. The molecule has 3 saturated carbocycles. The number of carbonyl (C=O) groups excluding carboxylic acids is 1. The van der Waals surface area contributed by atoms with Gasteiger partial charge < -0.3 is 4.79 Å². The van der Waals surface area contributed by atoms with Crippen LogP contribution < -0.4 is 0 Å². The van der Waals surface area contributed by atoms with Crippen LogP contribution in [0, 0.1) is 58.2 Å². The topological polar surface area (TPSA) is 17.1 Å². The second kappa shape index (κ2) is 8.98. The van der Waals surface area contributed by atoms with Crippen LogP contribution in [0.4, 0.5) is 0 Å². The highest BCUT2D eigenvalue weighted by molar-refractivity contribution is 5.58. The van der Waals surface area contributed by atoms with E-state index in [-0.39, 0.29) is 5.92 Å². The van der Waals surface area contributed by atoms with Crippen LogP contribution in [0.3, 0.4) is 0 Å². The van der Waals surface area contributed by atoms with E-state index in [1.54, 1.807) is 5.57 Å². The Morgan fingerprint density at radius 2 is 1.77 bits per heavy atom. The Balaban J connectivity index is 1.47. The maximum Gasteiger partial charge on any atom is 0.126 e. The summed E-state index contributed by atoms with van der Waals surface area (Å²) >= 11 is 0. The maximum atomic E-state index is 11.4. The molecular formula is C30H50O. The van der Waals surface area contributed by atoms with Crippen molar-refractivity contribution in [2.24, 2.45) is 58.2 Å². The first-order chi connectivity index (χ1) is 14.7. The van der Waals surface area contributed by atoms with E-state index in [4.69, 9.17) is 0 Å². The first kappa shape index (κ1) is 23.6. The molecule has 4 aliphatic rings. The van der Waals surface area contributed by atoms with E-state index in [0.717, 1.165) is 47.8 Å². The average Bonchev–Trinajstić information content (AvgIpc) is 3.10. The number of carbonyl (C=O) groups is 1. The van der Waals surface area contributed by atoms with Gasteiger partial charge in [-0.25, -0.2) is 0 Å². The average molecular weight is 427 g/mol. The van der Waals surface area contributed by atoms with Crippen LogP contribution in [-0.4, -0.2) is 6.29 Å². The van der Waals surface area contributed by atoms with Gasteiger partial charge in [0.1, 0.15) is 6.29 Å². The zero-order chi connectivity index (χ0) is 22.4. The van der Waals surface area contributed by atoms with Gasteiger partial charge in [-0.15, -0.1) is 0 Å². The van der Waals surface area contributed by atoms with E-state index in [9.17, 15) is 4.79 Å². The van der Waals surface area contributed by atoms with Crippen molar-refractivity contribution in [2.45, 2.75) is 112 Å². The van der Waals surface area contributed by atoms with Crippen LogP contribution in [-0.2, 0) is 4.79 Å². The van der Waals surface area contributed by atoms with Crippen LogP contribution in [0.25, 0.3) is 0 Å². The molecule has 4 aliphatic carbocycles. The van der Waals surface area contributed by atoms with Gasteiger partial charge in [-0.2, -0.15) is 0 Å². The summed E-state index contributed by atoms with van der Waals surface area (Å²) in [6.07, 6.45) is 18.7. The van der Waals surface area contributed by atoms with E-state index >= 15 is 0 Å². The molecule has 3 fully saturated rings. The molecule has 0 spiro atoms. The van der Waals surface area contributed by atoms with E-state index in [2.05, 4.69) is 47.6 Å². The summed E-state index contributed by atoms with van der Waals surface area (Å²) in [5, 5.41) is 0. The fourth-order valence-corrected chi connectivity index (χ4v) is 9.52. The quantitative estimate of drug-likeness (QED) is 0.294. The number of aldehydes is 1. The summed E-state index contributed by atoms with van der Waals surface area (Å²) in [6.45, 7) is 15.1. The minimum absolute atomic E-state index is 0.197. The fraction of sp³-hybridized carbons (Fsp3) is 0.900. The Labute approximate surface area is 193 Å². The molecule has 4 rings (SSSR count). The van der Waals surface area contributed by atoms with E-state index < -0.39 is 0 Å². The van der Waals surface area contributed by atoms with Crippen molar-refractivity contribution in [3.05, 3.63) is 11.6 Å². The lowest BCUT2D eigenvalue weighted by molar-refractivity contribution is -0.111. The number of hydrogen-bond donors (Lipinski definition) is 0. The molecule has 31 heavy (non-hydrogen) atoms. The summed E-state index contributed by atoms with van der Waals surface area (Å²) in [4.78, 5) is 11.4. The van der Waals surface area contributed by atoms with Crippen molar-refractivity contribution in [3.8, 4) is 0 Å². The van der Waals surface area contributed by atoms with Gasteiger partial charge in [0, 0.05) is 5.92 Å². The van der Waals surface area contributed by atoms with Crippen LogP contribution >= 0.6 is 0 Å². The molecule has 1 heteroatoms. The van der Waals surface area contributed by atoms with Crippen molar-refractivity contribution >= 4 is 6.29 Å². The summed E-state index contributed by atoms with van der Waals surface area (Å²) in [7, 11) is 0. The molecule has 0 aromatic carbocycles. The van der Waals surface area contributed by atoms with Crippen LogP contribution in [0.15, 0.2) is 11.6 Å². The van der Waals surface area contributed by atoms with E-state index in [1.807, 2.05) is 0 Å². The molecule has 0 aromatic heterocycles. The van der Waals surface area contributed by atoms with Gasteiger partial charge in [0.15, 0.2) is 0 Å². The largest absolute Gasteiger partial charge is 0.303 e. The molecule has 0 aliphatic heterocycles. The monoisotopic (exact) mass is 426 g/mol. The minimum atomic E-state index is 0.197. The van der Waals surface area contributed by atoms with Gasteiger partial charge in [0.25, 0.3) is 0 Å². The molecule has 0 aromatic rings. The Hall–Kier alpha value is -0.590. The first-order valence-corrected chi connectivity index (χ1v) is 13.9. The third-order valence-electron chi connectivity index (χ3n) is 11.5. The summed E-state index contributed by atoms with van der Waals surface area (Å²) in [5.41, 5.74) is 2.62. The lowest BCUT2D eigenvalue weighted by atomic mass is 9.46. The van der Waals surface area contributed by atoms with E-state index in [1.165, 1.54) is 70.5 Å². The molecule has 1 nitrogen and oxygen atoms in total. The summed E-state index contributed by atoms with van der Waals surface area (Å²) < 4.78 is 0. The molecule has 9 atom stereocenters. The van der Waals surface area contributed by atoms with Gasteiger partial charge in [-0.1, -0.05) is 66.0 Å². The zero-order valence-electron chi connectivity index (χ0n) is 21.5. The molecule has 0 heterocycles. The Morgan fingerprint density at radius 3 is 2.45 bits per heavy atom. The highest BCUT2D eigenvalue weighted by atomic mass is 16.1. The predicted molar refractivity (Wildman–Crippen MR) is 132 cm³/mol. The number of allylic oxidation sites excluding steroid dienone is 2. The summed E-state index contributed by atoms with van der Waals surface area (Å²) in [6, 6.07) is 0. The zero-order valence-corrected chi connectivity index (χ0v) is 21.5. The fourth-order valence-electron chi connectivity index (χ4n) is 9.52. The van der Waals surface area contributed by atoms with Crippen molar-refractivity contribution in [2.75, 3.05) is 0 Å². The van der Waals surface area contributed by atoms with E-state index in [0.29, 0.717) is 10.8 Å². The molecule has 0 bridgehead atoms. The SMILES string of the molecule is CC[C@H](CC[C@@H](C)[C@H]1CC[C@H]2[C@@H]3CCC4=CC(C=O)CC[C@]4(C)[C@H]3CC[C@]12C)C(C)C. The Morgan fingerprint density at radius 1 is 1.00 bits per heavy atom. The molecule has 0 saturated heterocycles. The van der Waals surface area contributed by atoms with Gasteiger partial charge in [0.2, 0.25) is 0 Å². The smallest absolute Gasteiger partial charge is 0.126 e. The third kappa shape index (κ3) is 3.99. The molecule has 1 unspecified atom stereocenters. The lowest BCUT2D eigenvalue weighted by Gasteiger charge is -2.59. The lowest BCUT2D eigenvalue weighted by Crippen LogP contribution is -2.51. The van der Waals surface area contributed by atoms with Gasteiger partial charge in [0.05, 0.1) is 0 Å². The predicted octanol–water partition coefficient (Wildman–Crippen LogP) is 8.48. The molecule has 0 radical (unpaired) electrons. The number of hydrogen-bond acceptors (Lipinski definition) is 1. The third-order valence-corrected chi connectivity index (χ3v) is 11.5. The second-order valence-corrected chi connectivity index (χ2v) is 13.1. The minimum Gasteiger partial charge on any atom is -0.303 e. The Bertz CT molecular complexity index is 676. The highest BCUT2D eigenvalue weighted by Crippen LogP contribution is 2.68. The molecule has 176 valence electrons. The van der Waals surface area contributed by atoms with Gasteiger partial charge in [-0.05, 0) is 110 Å². The molecular weight excluding hydrogens is 376 g/mol. The number of rotatable bonds is 7. The highest BCUT2D eigenvalue weighted by Gasteiger charge is 2.59. The normalized spacial score (nSPS) is 44.1. The van der Waals surface area contributed by atoms with Gasteiger partial charge in [-0.3, -0.25) is 0 Å². The second-order valence-electron chi connectivity index (χ2n) is 13.1. The molecule has 0 amide bonds. The summed E-state index contributed by atoms with van der Waals surface area (Å²) in [5.74, 6) is 6.53. The van der Waals surface area contributed by atoms with Crippen LogP contribution in [0.2, 0.25) is 0 Å². The van der Waals surface area contributed by atoms with Crippen molar-refractivity contribution in [1.29, 1.82) is 0 Å². The van der Waals surface area contributed by atoms with Crippen LogP contribution in [0.5, 0.6) is 0 Å². The van der Waals surface area contributed by atoms with Gasteiger partial charge >= 0.3 is 0 Å². The molecule has 0 N–H and O–H groups in total. The maximum absolute atomic E-state index is 11.4. The number of fused-ring (bicyclic) bond motifs is 5. The first-order valence-electron chi connectivity index (χ1n) is 13.9. The van der Waals surface area contributed by atoms with Crippen molar-refractivity contribution in [3.63, 3.8) is 0 Å². The standard InChI is InChI=1S/C30H50O/c1-7-23(20(2)3)9-8-21(4)26-12-13-27-25-11-10-24-18-22(19-31)14-16-29(24,5)28(25)15-17-30(26,27)6/h18-23,25-28H,7-17H2,1-6H3/t21-,22?,23-,25+,26-,27+,28+,29+,30-/m1/s1. The van der Waals surface area contributed by atoms with Crippen LogP contribution in [0.1, 0.15) is 112 Å². The van der Waals surface area contributed by atoms with Crippen molar-refractivity contribution < 1.29 is 4.79 Å².